The molecule has 1 atom stereocenters. The van der Waals surface area contributed by atoms with E-state index in [1.807, 2.05) is 6.08 Å². The number of aliphatic hydroxyl groups excluding tert-OH is 1. The molecule has 7 nitrogen and oxygen atoms in total. The summed E-state index contributed by atoms with van der Waals surface area (Å²) in [5, 5.41) is 11.2. The first kappa shape index (κ1) is 20.9. The molecular weight excluding hydrogens is 314 g/mol. The van der Waals surface area contributed by atoms with Gasteiger partial charge >= 0.3 is 6.09 Å². The van der Waals surface area contributed by atoms with Crippen molar-refractivity contribution in [1.82, 2.24) is 5.32 Å². The Kier molecular flexibility index (Phi) is 13.4. The van der Waals surface area contributed by atoms with Crippen molar-refractivity contribution >= 4 is 6.09 Å². The molecular formula is C17H31NO6. The fraction of sp³-hybridized carbons (Fsp3) is 0.824. The highest BCUT2D eigenvalue weighted by atomic mass is 16.6. The Morgan fingerprint density at radius 1 is 1.00 bits per heavy atom. The summed E-state index contributed by atoms with van der Waals surface area (Å²) in [4.78, 5) is 11.7. The summed E-state index contributed by atoms with van der Waals surface area (Å²) in [5.74, 6) is 0. The second kappa shape index (κ2) is 15.4. The zero-order valence-electron chi connectivity index (χ0n) is 14.4. The second-order valence-electron chi connectivity index (χ2n) is 5.50. The molecule has 0 aromatic carbocycles. The summed E-state index contributed by atoms with van der Waals surface area (Å²) in [6, 6.07) is 0. The number of amides is 1. The van der Waals surface area contributed by atoms with Crippen LogP contribution in [-0.2, 0) is 18.9 Å². The highest BCUT2D eigenvalue weighted by Crippen LogP contribution is 2.14. The maximum Gasteiger partial charge on any atom is 0.407 e. The Morgan fingerprint density at radius 2 is 1.71 bits per heavy atom. The number of aliphatic hydroxyl groups is 1. The van der Waals surface area contributed by atoms with Crippen molar-refractivity contribution < 1.29 is 28.8 Å². The molecule has 1 rings (SSSR count). The number of carbonyl (C=O) groups is 1. The van der Waals surface area contributed by atoms with Gasteiger partial charge in [0.1, 0.15) is 6.10 Å². The molecule has 0 radical (unpaired) electrons. The number of hydrogen-bond donors (Lipinski definition) is 2. The Bertz CT molecular complexity index is 337. The van der Waals surface area contributed by atoms with E-state index in [2.05, 4.69) is 11.4 Å². The van der Waals surface area contributed by atoms with E-state index >= 15 is 0 Å². The van der Waals surface area contributed by atoms with Crippen molar-refractivity contribution in [2.45, 2.75) is 38.2 Å². The van der Waals surface area contributed by atoms with E-state index in [-0.39, 0.29) is 12.7 Å². The Morgan fingerprint density at radius 3 is 2.46 bits per heavy atom. The molecule has 1 amide bonds. The average Bonchev–Trinajstić information content (AvgIpc) is 2.55. The molecule has 0 bridgehead atoms. The van der Waals surface area contributed by atoms with Crippen LogP contribution >= 0.6 is 0 Å². The lowest BCUT2D eigenvalue weighted by Gasteiger charge is -2.16. The van der Waals surface area contributed by atoms with Gasteiger partial charge in [-0.1, -0.05) is 12.5 Å². The van der Waals surface area contributed by atoms with Gasteiger partial charge in [0, 0.05) is 6.54 Å². The van der Waals surface area contributed by atoms with Gasteiger partial charge in [-0.05, 0) is 31.8 Å². The molecule has 0 aliphatic heterocycles. The molecule has 0 saturated carbocycles. The van der Waals surface area contributed by atoms with Gasteiger partial charge in [0.2, 0.25) is 0 Å². The Hall–Kier alpha value is -1.15. The monoisotopic (exact) mass is 345 g/mol. The molecule has 1 aliphatic rings. The topological polar surface area (TPSA) is 86.3 Å². The van der Waals surface area contributed by atoms with Crippen molar-refractivity contribution in [3.05, 3.63) is 12.2 Å². The second-order valence-corrected chi connectivity index (χ2v) is 5.50. The lowest BCUT2D eigenvalue weighted by Crippen LogP contribution is -2.31. The summed E-state index contributed by atoms with van der Waals surface area (Å²) >= 11 is 0. The summed E-state index contributed by atoms with van der Waals surface area (Å²) < 4.78 is 21.0. The summed E-state index contributed by atoms with van der Waals surface area (Å²) in [6.45, 7) is 3.05. The molecule has 24 heavy (non-hydrogen) atoms. The van der Waals surface area contributed by atoms with Crippen LogP contribution < -0.4 is 5.32 Å². The summed E-state index contributed by atoms with van der Waals surface area (Å²) in [5.41, 5.74) is 0. The Balaban J connectivity index is 1.89. The highest BCUT2D eigenvalue weighted by molar-refractivity contribution is 5.67. The maximum atomic E-state index is 11.7. The van der Waals surface area contributed by atoms with E-state index in [4.69, 9.17) is 24.1 Å². The molecule has 2 N–H and O–H groups in total. The van der Waals surface area contributed by atoms with Crippen LogP contribution in [0.3, 0.4) is 0 Å². The van der Waals surface area contributed by atoms with E-state index in [1.165, 1.54) is 12.8 Å². The first-order chi connectivity index (χ1) is 11.8. The van der Waals surface area contributed by atoms with Crippen LogP contribution in [0.5, 0.6) is 0 Å². The van der Waals surface area contributed by atoms with Crippen LogP contribution in [0.25, 0.3) is 0 Å². The predicted octanol–water partition coefficient (Wildman–Crippen LogP) is 1.64. The van der Waals surface area contributed by atoms with Crippen molar-refractivity contribution in [3.8, 4) is 0 Å². The van der Waals surface area contributed by atoms with Crippen molar-refractivity contribution in [3.63, 3.8) is 0 Å². The van der Waals surface area contributed by atoms with Gasteiger partial charge in [-0.25, -0.2) is 4.79 Å². The fourth-order valence-electron chi connectivity index (χ4n) is 2.24. The van der Waals surface area contributed by atoms with E-state index in [0.29, 0.717) is 46.2 Å². The number of allylic oxidation sites excluding steroid dienone is 1. The van der Waals surface area contributed by atoms with Gasteiger partial charge in [0.25, 0.3) is 0 Å². The molecule has 1 unspecified atom stereocenters. The summed E-state index contributed by atoms with van der Waals surface area (Å²) in [7, 11) is 0. The van der Waals surface area contributed by atoms with Crippen LogP contribution in [-0.4, -0.2) is 70.1 Å². The van der Waals surface area contributed by atoms with Crippen molar-refractivity contribution in [2.24, 2.45) is 0 Å². The number of nitrogens with one attached hydrogen (secondary N) is 1. The van der Waals surface area contributed by atoms with Crippen molar-refractivity contribution in [1.29, 1.82) is 0 Å². The van der Waals surface area contributed by atoms with Gasteiger partial charge in [0.05, 0.1) is 46.2 Å². The van der Waals surface area contributed by atoms with Gasteiger partial charge in [-0.3, -0.25) is 0 Å². The van der Waals surface area contributed by atoms with Gasteiger partial charge in [0.15, 0.2) is 0 Å². The van der Waals surface area contributed by atoms with Crippen LogP contribution in [0, 0.1) is 0 Å². The first-order valence-electron chi connectivity index (χ1n) is 8.78. The van der Waals surface area contributed by atoms with Crippen LogP contribution in [0.15, 0.2) is 12.2 Å². The van der Waals surface area contributed by atoms with Crippen molar-refractivity contribution in [2.75, 3.05) is 52.8 Å². The molecule has 0 fully saturated rings. The lowest BCUT2D eigenvalue weighted by atomic mass is 10.0. The van der Waals surface area contributed by atoms with Crippen LogP contribution in [0.1, 0.15) is 32.1 Å². The number of rotatable bonds is 12. The number of hydrogen-bond acceptors (Lipinski definition) is 6. The third-order valence-electron chi connectivity index (χ3n) is 3.46. The van der Waals surface area contributed by atoms with Gasteiger partial charge in [-0.15, -0.1) is 0 Å². The molecule has 1 aliphatic carbocycles. The van der Waals surface area contributed by atoms with E-state index < -0.39 is 6.09 Å². The van der Waals surface area contributed by atoms with Gasteiger partial charge < -0.3 is 29.4 Å². The molecule has 0 heterocycles. The third-order valence-corrected chi connectivity index (χ3v) is 3.46. The normalized spacial score (nSPS) is 19.3. The van der Waals surface area contributed by atoms with E-state index in [0.717, 1.165) is 19.3 Å². The van der Waals surface area contributed by atoms with E-state index in [9.17, 15) is 4.79 Å². The average molecular weight is 345 g/mol. The fourth-order valence-corrected chi connectivity index (χ4v) is 2.24. The zero-order valence-corrected chi connectivity index (χ0v) is 14.4. The number of ether oxygens (including phenoxy) is 4. The van der Waals surface area contributed by atoms with Gasteiger partial charge in [-0.2, -0.15) is 0 Å². The standard InChI is InChI=1S/C17H31NO6/c19-9-11-22-13-15-23-14-12-21-10-8-18-17(20)24-16-6-4-2-1-3-5-7-16/h4,6,16,19H,1-3,5,7-15H2,(H,18,20)/b6-4-. The lowest BCUT2D eigenvalue weighted by molar-refractivity contribution is 0.00806. The van der Waals surface area contributed by atoms with Crippen LogP contribution in [0.4, 0.5) is 4.79 Å². The molecule has 0 aromatic rings. The Labute approximate surface area is 144 Å². The third kappa shape index (κ3) is 12.3. The minimum Gasteiger partial charge on any atom is -0.442 e. The maximum absolute atomic E-state index is 11.7. The zero-order chi connectivity index (χ0) is 17.3. The first-order valence-corrected chi connectivity index (χ1v) is 8.78. The molecule has 0 spiro atoms. The molecule has 7 heteroatoms. The molecule has 0 aromatic heterocycles. The molecule has 0 saturated heterocycles. The largest absolute Gasteiger partial charge is 0.442 e. The predicted molar refractivity (Wildman–Crippen MR) is 90.0 cm³/mol. The van der Waals surface area contributed by atoms with Crippen LogP contribution in [0.2, 0.25) is 0 Å². The summed E-state index contributed by atoms with van der Waals surface area (Å²) in [6.07, 6.45) is 9.01. The highest BCUT2D eigenvalue weighted by Gasteiger charge is 2.11. The minimum absolute atomic E-state index is 0.0234. The number of carbonyl (C=O) groups excluding carboxylic acids is 1. The smallest absolute Gasteiger partial charge is 0.407 e. The van der Waals surface area contributed by atoms with E-state index in [1.54, 1.807) is 0 Å². The number of alkyl carbamates (subject to hydrolysis) is 1. The minimum atomic E-state index is -0.397. The quantitative estimate of drug-likeness (QED) is 0.413. The molecule has 140 valence electrons. The SMILES string of the molecule is O=C(NCCOCCOCCOCCO)OC1/C=C\CCCCC1.